The minimum Gasteiger partial charge on any atom is -0.496 e. The number of nitrogens with one attached hydrogen (secondary N) is 2. The van der Waals surface area contributed by atoms with Crippen molar-refractivity contribution in [3.8, 4) is 5.75 Å². The molecule has 1 aliphatic rings. The van der Waals surface area contributed by atoms with Crippen molar-refractivity contribution in [2.45, 2.75) is 19.9 Å². The van der Waals surface area contributed by atoms with E-state index >= 15 is 0 Å². The molecule has 1 amide bonds. The fourth-order valence-corrected chi connectivity index (χ4v) is 2.62. The zero-order chi connectivity index (χ0) is 14.9. The van der Waals surface area contributed by atoms with Crippen molar-refractivity contribution in [1.29, 1.82) is 0 Å². The maximum atomic E-state index is 11.7. The molecule has 6 heteroatoms. The van der Waals surface area contributed by atoms with Gasteiger partial charge >= 0.3 is 0 Å². The summed E-state index contributed by atoms with van der Waals surface area (Å²) < 4.78 is 5.24. The number of carbonyl (C=O) groups excluding carboxylic acids is 1. The average molecular weight is 291 g/mol. The van der Waals surface area contributed by atoms with Crippen molar-refractivity contribution >= 4 is 23.2 Å². The number of thiocarbonyl (C=S) groups is 1. The smallest absolute Gasteiger partial charge is 0.248 e. The Morgan fingerprint density at radius 2 is 2.10 bits per heavy atom. The first-order valence-corrected chi connectivity index (χ1v) is 6.57. The third kappa shape index (κ3) is 2.60. The number of nitrogens with two attached hydrogens (primary N) is 1. The van der Waals surface area contributed by atoms with Gasteiger partial charge in [-0.2, -0.15) is 0 Å². The van der Waals surface area contributed by atoms with E-state index in [2.05, 4.69) is 10.6 Å². The molecule has 0 aliphatic carbocycles. The number of hydrogen-bond donors (Lipinski definition) is 3. The SMILES string of the molecule is COc1ccc(C2NC(=S)NC(C)=C2C(N)=O)cc1C. The van der Waals surface area contributed by atoms with E-state index in [1.54, 1.807) is 14.0 Å². The van der Waals surface area contributed by atoms with E-state index in [9.17, 15) is 4.79 Å². The Labute approximate surface area is 123 Å². The van der Waals surface area contributed by atoms with Gasteiger partial charge in [0.05, 0.1) is 18.7 Å². The second kappa shape index (κ2) is 5.50. The van der Waals surface area contributed by atoms with Gasteiger partial charge in [-0.25, -0.2) is 0 Å². The van der Waals surface area contributed by atoms with E-state index in [-0.39, 0.29) is 6.04 Å². The van der Waals surface area contributed by atoms with Gasteiger partial charge < -0.3 is 21.1 Å². The van der Waals surface area contributed by atoms with E-state index in [1.807, 2.05) is 25.1 Å². The maximum Gasteiger partial charge on any atom is 0.248 e. The molecule has 1 unspecified atom stereocenters. The fourth-order valence-electron chi connectivity index (χ4n) is 2.35. The highest BCUT2D eigenvalue weighted by Gasteiger charge is 2.28. The van der Waals surface area contributed by atoms with Gasteiger partial charge in [0.1, 0.15) is 5.75 Å². The number of aryl methyl sites for hydroxylation is 1. The molecular formula is C14H17N3O2S. The number of hydrogen-bond acceptors (Lipinski definition) is 3. The number of rotatable bonds is 3. The largest absolute Gasteiger partial charge is 0.496 e. The van der Waals surface area contributed by atoms with Crippen LogP contribution in [0.4, 0.5) is 0 Å². The molecule has 5 nitrogen and oxygen atoms in total. The number of ether oxygens (including phenoxy) is 1. The summed E-state index contributed by atoms with van der Waals surface area (Å²) >= 11 is 5.15. The van der Waals surface area contributed by atoms with Crippen molar-refractivity contribution in [3.63, 3.8) is 0 Å². The summed E-state index contributed by atoms with van der Waals surface area (Å²) in [6.07, 6.45) is 0. The Balaban J connectivity index is 2.49. The van der Waals surface area contributed by atoms with Gasteiger partial charge in [-0.1, -0.05) is 6.07 Å². The van der Waals surface area contributed by atoms with Gasteiger partial charge in [0, 0.05) is 5.70 Å². The Kier molecular flexibility index (Phi) is 3.94. The molecule has 1 aliphatic heterocycles. The predicted octanol–water partition coefficient (Wildman–Crippen LogP) is 1.28. The van der Waals surface area contributed by atoms with Crippen molar-refractivity contribution in [2.24, 2.45) is 5.73 Å². The van der Waals surface area contributed by atoms with Crippen LogP contribution >= 0.6 is 12.2 Å². The molecular weight excluding hydrogens is 274 g/mol. The van der Waals surface area contributed by atoms with E-state index in [0.29, 0.717) is 16.4 Å². The second-order valence-electron chi connectivity index (χ2n) is 4.66. The summed E-state index contributed by atoms with van der Waals surface area (Å²) in [4.78, 5) is 11.7. The molecule has 0 spiro atoms. The minimum atomic E-state index is -0.469. The van der Waals surface area contributed by atoms with Gasteiger partial charge in [-0.05, 0) is 49.3 Å². The third-order valence-electron chi connectivity index (χ3n) is 3.29. The standard InChI is InChI=1S/C14H17N3O2S/c1-7-6-9(4-5-10(7)19-3)12-11(13(15)18)8(2)16-14(20)17-12/h4-6,12H,1-3H3,(H2,15,18)(H2,16,17,20). The topological polar surface area (TPSA) is 76.4 Å². The quantitative estimate of drug-likeness (QED) is 0.731. The number of amides is 1. The van der Waals surface area contributed by atoms with Crippen LogP contribution in [0.2, 0.25) is 0 Å². The maximum absolute atomic E-state index is 11.7. The molecule has 0 saturated heterocycles. The molecule has 1 aromatic carbocycles. The van der Waals surface area contributed by atoms with Crippen molar-refractivity contribution in [2.75, 3.05) is 7.11 Å². The van der Waals surface area contributed by atoms with Crippen molar-refractivity contribution < 1.29 is 9.53 Å². The molecule has 2 rings (SSSR count). The lowest BCUT2D eigenvalue weighted by molar-refractivity contribution is -0.115. The van der Waals surface area contributed by atoms with Crippen LogP contribution in [0.3, 0.4) is 0 Å². The number of primary amides is 1. The predicted molar refractivity (Wildman–Crippen MR) is 81.2 cm³/mol. The summed E-state index contributed by atoms with van der Waals surface area (Å²) in [5.74, 6) is 0.329. The van der Waals surface area contributed by atoms with Crippen LogP contribution in [0.25, 0.3) is 0 Å². The molecule has 0 saturated carbocycles. The molecule has 1 aromatic rings. The molecule has 0 fully saturated rings. The summed E-state index contributed by atoms with van der Waals surface area (Å²) in [5, 5.41) is 6.48. The van der Waals surface area contributed by atoms with E-state index in [1.165, 1.54) is 0 Å². The highest BCUT2D eigenvalue weighted by Crippen LogP contribution is 2.29. The van der Waals surface area contributed by atoms with Gasteiger partial charge in [0.25, 0.3) is 0 Å². The second-order valence-corrected chi connectivity index (χ2v) is 5.07. The van der Waals surface area contributed by atoms with Crippen LogP contribution in [0, 0.1) is 6.92 Å². The normalized spacial score (nSPS) is 18.4. The zero-order valence-corrected chi connectivity index (χ0v) is 12.4. The first-order valence-electron chi connectivity index (χ1n) is 6.16. The first kappa shape index (κ1) is 14.3. The van der Waals surface area contributed by atoms with E-state index in [0.717, 1.165) is 16.9 Å². The minimum absolute atomic E-state index is 0.342. The monoisotopic (exact) mass is 291 g/mol. The molecule has 0 radical (unpaired) electrons. The number of methoxy groups -OCH3 is 1. The molecule has 1 heterocycles. The lowest BCUT2D eigenvalue weighted by Gasteiger charge is -2.29. The van der Waals surface area contributed by atoms with Crippen molar-refractivity contribution in [3.05, 3.63) is 40.6 Å². The lowest BCUT2D eigenvalue weighted by atomic mass is 9.94. The van der Waals surface area contributed by atoms with Crippen LogP contribution in [-0.4, -0.2) is 18.1 Å². The fraction of sp³-hybridized carbons (Fsp3) is 0.286. The number of carbonyl (C=O) groups is 1. The number of benzene rings is 1. The molecule has 1 atom stereocenters. The third-order valence-corrected chi connectivity index (χ3v) is 3.51. The summed E-state index contributed by atoms with van der Waals surface area (Å²) in [5.41, 5.74) is 8.55. The number of allylic oxidation sites excluding steroid dienone is 1. The van der Waals surface area contributed by atoms with Gasteiger partial charge in [0.15, 0.2) is 5.11 Å². The van der Waals surface area contributed by atoms with E-state index in [4.69, 9.17) is 22.7 Å². The van der Waals surface area contributed by atoms with Gasteiger partial charge in [-0.3, -0.25) is 4.79 Å². The summed E-state index contributed by atoms with van der Waals surface area (Å²) in [6.45, 7) is 3.73. The molecule has 4 N–H and O–H groups in total. The van der Waals surface area contributed by atoms with Crippen LogP contribution in [0.1, 0.15) is 24.1 Å². The molecule has 20 heavy (non-hydrogen) atoms. The first-order chi connectivity index (χ1) is 9.43. The van der Waals surface area contributed by atoms with Crippen LogP contribution in [-0.2, 0) is 4.79 Å². The highest BCUT2D eigenvalue weighted by atomic mass is 32.1. The van der Waals surface area contributed by atoms with Gasteiger partial charge in [0.2, 0.25) is 5.91 Å². The summed E-state index contributed by atoms with van der Waals surface area (Å²) in [7, 11) is 1.62. The Hall–Kier alpha value is -2.08. The lowest BCUT2D eigenvalue weighted by Crippen LogP contribution is -2.46. The van der Waals surface area contributed by atoms with E-state index < -0.39 is 5.91 Å². The molecule has 106 valence electrons. The zero-order valence-electron chi connectivity index (χ0n) is 11.6. The highest BCUT2D eigenvalue weighted by molar-refractivity contribution is 7.80. The van der Waals surface area contributed by atoms with Crippen LogP contribution in [0.5, 0.6) is 5.75 Å². The summed E-state index contributed by atoms with van der Waals surface area (Å²) in [6, 6.07) is 5.38. The molecule has 0 aromatic heterocycles. The Morgan fingerprint density at radius 3 is 2.65 bits per heavy atom. The van der Waals surface area contributed by atoms with Crippen LogP contribution in [0.15, 0.2) is 29.5 Å². The van der Waals surface area contributed by atoms with Gasteiger partial charge in [-0.15, -0.1) is 0 Å². The van der Waals surface area contributed by atoms with Crippen LogP contribution < -0.4 is 21.1 Å². The van der Waals surface area contributed by atoms with Crippen molar-refractivity contribution in [1.82, 2.24) is 10.6 Å². The molecule has 0 bridgehead atoms. The average Bonchev–Trinajstić information content (AvgIpc) is 2.37. The Bertz CT molecular complexity index is 610. The Morgan fingerprint density at radius 1 is 1.40 bits per heavy atom.